The molecule has 1 aliphatic rings. The lowest BCUT2D eigenvalue weighted by Crippen LogP contribution is -2.57. The topological polar surface area (TPSA) is 43.8 Å². The number of nitrogens with zero attached hydrogens (tertiary/aromatic N) is 2. The Morgan fingerprint density at radius 1 is 1.12 bits per heavy atom. The molecule has 0 spiro atoms. The molecule has 138 valence electrons. The number of halogens is 1. The van der Waals surface area contributed by atoms with E-state index < -0.39 is 5.60 Å². The Morgan fingerprint density at radius 2 is 1.81 bits per heavy atom. The van der Waals surface area contributed by atoms with Crippen molar-refractivity contribution in [3.05, 3.63) is 71.5 Å². The first-order chi connectivity index (χ1) is 12.5. The monoisotopic (exact) mass is 356 g/mol. The van der Waals surface area contributed by atoms with Crippen LogP contribution < -0.4 is 0 Å². The van der Waals surface area contributed by atoms with E-state index in [1.807, 2.05) is 42.3 Å². The van der Waals surface area contributed by atoms with Gasteiger partial charge in [0.25, 0.3) is 5.91 Å². The first-order valence-electron chi connectivity index (χ1n) is 8.95. The van der Waals surface area contributed by atoms with Crippen LogP contribution in [-0.2, 0) is 17.9 Å². The molecule has 26 heavy (non-hydrogen) atoms. The summed E-state index contributed by atoms with van der Waals surface area (Å²) in [5, 5.41) is 11.0. The van der Waals surface area contributed by atoms with Crippen molar-refractivity contribution in [3.8, 4) is 0 Å². The van der Waals surface area contributed by atoms with Gasteiger partial charge in [0.05, 0.1) is 0 Å². The number of rotatable bonds is 6. The third-order valence-corrected chi connectivity index (χ3v) is 4.82. The van der Waals surface area contributed by atoms with Crippen LogP contribution in [0, 0.1) is 5.82 Å². The number of amides is 1. The summed E-state index contributed by atoms with van der Waals surface area (Å²) >= 11 is 0. The van der Waals surface area contributed by atoms with Crippen molar-refractivity contribution in [3.63, 3.8) is 0 Å². The third-order valence-electron chi connectivity index (χ3n) is 4.82. The van der Waals surface area contributed by atoms with Crippen LogP contribution in [0.4, 0.5) is 4.39 Å². The Balaban J connectivity index is 1.64. The van der Waals surface area contributed by atoms with Gasteiger partial charge in [0.15, 0.2) is 5.60 Å². The Kier molecular flexibility index (Phi) is 5.69. The lowest BCUT2D eigenvalue weighted by molar-refractivity contribution is -0.160. The maximum absolute atomic E-state index is 13.1. The molecule has 2 aromatic carbocycles. The highest BCUT2D eigenvalue weighted by atomic mass is 19.1. The molecule has 1 saturated heterocycles. The number of hydrogen-bond donors (Lipinski definition) is 1. The van der Waals surface area contributed by atoms with E-state index in [0.29, 0.717) is 32.6 Å². The molecule has 1 heterocycles. The van der Waals surface area contributed by atoms with E-state index in [1.165, 1.54) is 12.1 Å². The van der Waals surface area contributed by atoms with Gasteiger partial charge in [0.2, 0.25) is 0 Å². The summed E-state index contributed by atoms with van der Waals surface area (Å²) in [4.78, 5) is 16.5. The van der Waals surface area contributed by atoms with E-state index in [4.69, 9.17) is 0 Å². The van der Waals surface area contributed by atoms with Gasteiger partial charge in [-0.1, -0.05) is 42.5 Å². The molecule has 0 radical (unpaired) electrons. The molecule has 0 saturated carbocycles. The van der Waals surface area contributed by atoms with Crippen molar-refractivity contribution in [1.82, 2.24) is 9.80 Å². The first-order valence-corrected chi connectivity index (χ1v) is 8.95. The van der Waals surface area contributed by atoms with Crippen LogP contribution in [-0.4, -0.2) is 46.6 Å². The van der Waals surface area contributed by atoms with E-state index >= 15 is 0 Å². The second-order valence-electron chi connectivity index (χ2n) is 7.15. The van der Waals surface area contributed by atoms with Crippen LogP contribution in [0.1, 0.15) is 24.0 Å². The van der Waals surface area contributed by atoms with Crippen LogP contribution in [0.5, 0.6) is 0 Å². The van der Waals surface area contributed by atoms with E-state index in [-0.39, 0.29) is 11.7 Å². The van der Waals surface area contributed by atoms with Gasteiger partial charge in [-0.3, -0.25) is 9.69 Å². The summed E-state index contributed by atoms with van der Waals surface area (Å²) < 4.78 is 13.1. The molecule has 1 unspecified atom stereocenters. The molecule has 0 aromatic heterocycles. The van der Waals surface area contributed by atoms with Crippen molar-refractivity contribution in [1.29, 1.82) is 0 Å². The van der Waals surface area contributed by atoms with Crippen molar-refractivity contribution < 1.29 is 14.3 Å². The Bertz CT molecular complexity index is 735. The summed E-state index contributed by atoms with van der Waals surface area (Å²) in [5.74, 6) is -0.536. The van der Waals surface area contributed by atoms with Gasteiger partial charge >= 0.3 is 0 Å². The van der Waals surface area contributed by atoms with E-state index in [9.17, 15) is 14.3 Å². The molecular formula is C21H25FN2O2. The Labute approximate surface area is 153 Å². The molecular weight excluding hydrogens is 331 g/mol. The number of piperidine rings is 1. The smallest absolute Gasteiger partial charge is 0.256 e. The number of carbonyl (C=O) groups is 1. The van der Waals surface area contributed by atoms with E-state index in [0.717, 1.165) is 17.5 Å². The molecule has 0 bridgehead atoms. The number of likely N-dealkylation sites (tertiary alicyclic amines) is 1. The summed E-state index contributed by atoms with van der Waals surface area (Å²) in [7, 11) is 1.91. The number of hydrogen-bond acceptors (Lipinski definition) is 3. The predicted molar refractivity (Wildman–Crippen MR) is 98.8 cm³/mol. The van der Waals surface area contributed by atoms with Gasteiger partial charge in [-0.2, -0.15) is 0 Å². The summed E-state index contributed by atoms with van der Waals surface area (Å²) in [5.41, 5.74) is 0.633. The average molecular weight is 356 g/mol. The van der Waals surface area contributed by atoms with Crippen molar-refractivity contribution in [2.24, 2.45) is 0 Å². The number of carbonyl (C=O) groups excluding carboxylic acids is 1. The van der Waals surface area contributed by atoms with Crippen molar-refractivity contribution in [2.75, 3.05) is 20.1 Å². The normalized spacial score (nSPS) is 20.6. The summed E-state index contributed by atoms with van der Waals surface area (Å²) in [6.07, 6.45) is 1.22. The molecule has 4 nitrogen and oxygen atoms in total. The molecule has 1 aliphatic heterocycles. The fourth-order valence-corrected chi connectivity index (χ4v) is 3.57. The van der Waals surface area contributed by atoms with E-state index in [2.05, 4.69) is 0 Å². The summed E-state index contributed by atoms with van der Waals surface area (Å²) in [6.45, 7) is 1.97. The van der Waals surface area contributed by atoms with Gasteiger partial charge < -0.3 is 10.0 Å². The third kappa shape index (κ3) is 4.48. The van der Waals surface area contributed by atoms with Crippen molar-refractivity contribution >= 4 is 5.91 Å². The SMILES string of the molecule is CN(Cc1ccccc1)CC1(O)CCCN(Cc2ccc(F)cc2)C1=O. The molecule has 2 aromatic rings. The largest absolute Gasteiger partial charge is 0.379 e. The van der Waals surface area contributed by atoms with Crippen LogP contribution >= 0.6 is 0 Å². The molecule has 3 rings (SSSR count). The number of likely N-dealkylation sites (N-methyl/N-ethyl adjacent to an activating group) is 1. The van der Waals surface area contributed by atoms with Gasteiger partial charge in [-0.05, 0) is 43.1 Å². The van der Waals surface area contributed by atoms with Gasteiger partial charge in [0.1, 0.15) is 5.82 Å². The van der Waals surface area contributed by atoms with E-state index in [1.54, 1.807) is 17.0 Å². The maximum atomic E-state index is 13.1. The zero-order valence-electron chi connectivity index (χ0n) is 15.1. The zero-order valence-corrected chi connectivity index (χ0v) is 15.1. The highest BCUT2D eigenvalue weighted by molar-refractivity contribution is 5.86. The molecule has 5 heteroatoms. The zero-order chi connectivity index (χ0) is 18.6. The standard InChI is InChI=1S/C21H25FN2O2/c1-23(14-17-6-3-2-4-7-17)16-21(26)12-5-13-24(20(21)25)15-18-8-10-19(22)11-9-18/h2-4,6-11,26H,5,12-16H2,1H3. The van der Waals surface area contributed by atoms with Crippen LogP contribution in [0.3, 0.4) is 0 Å². The van der Waals surface area contributed by atoms with Gasteiger partial charge in [-0.15, -0.1) is 0 Å². The lowest BCUT2D eigenvalue weighted by atomic mass is 9.90. The Morgan fingerprint density at radius 3 is 2.50 bits per heavy atom. The quantitative estimate of drug-likeness (QED) is 0.866. The Hall–Kier alpha value is -2.24. The van der Waals surface area contributed by atoms with Crippen LogP contribution in [0.2, 0.25) is 0 Å². The first kappa shape index (κ1) is 18.5. The second kappa shape index (κ2) is 7.98. The van der Waals surface area contributed by atoms with Crippen LogP contribution in [0.25, 0.3) is 0 Å². The summed E-state index contributed by atoms with van der Waals surface area (Å²) in [6, 6.07) is 16.1. The average Bonchev–Trinajstić information content (AvgIpc) is 2.62. The van der Waals surface area contributed by atoms with Gasteiger partial charge in [-0.25, -0.2) is 4.39 Å². The lowest BCUT2D eigenvalue weighted by Gasteiger charge is -2.40. The molecule has 1 N–H and O–H groups in total. The van der Waals surface area contributed by atoms with Crippen molar-refractivity contribution in [2.45, 2.75) is 31.5 Å². The minimum absolute atomic E-state index is 0.243. The number of aliphatic hydroxyl groups is 1. The minimum atomic E-state index is -1.37. The second-order valence-corrected chi connectivity index (χ2v) is 7.15. The maximum Gasteiger partial charge on any atom is 0.256 e. The van der Waals surface area contributed by atoms with Crippen LogP contribution in [0.15, 0.2) is 54.6 Å². The number of benzene rings is 2. The fourth-order valence-electron chi connectivity index (χ4n) is 3.57. The molecule has 1 amide bonds. The molecule has 1 fully saturated rings. The predicted octanol–water partition coefficient (Wildman–Crippen LogP) is 2.81. The highest BCUT2D eigenvalue weighted by Gasteiger charge is 2.42. The highest BCUT2D eigenvalue weighted by Crippen LogP contribution is 2.25. The minimum Gasteiger partial charge on any atom is -0.379 e. The molecule has 0 aliphatic carbocycles. The van der Waals surface area contributed by atoms with Gasteiger partial charge in [0, 0.05) is 26.2 Å². The fraction of sp³-hybridized carbons (Fsp3) is 0.381. The molecule has 1 atom stereocenters.